The molecule has 6 amide bonds. The molecule has 4 aromatic carbocycles. The molecule has 18 nitrogen and oxygen atoms in total. The van der Waals surface area contributed by atoms with E-state index in [0.29, 0.717) is 97.1 Å². The van der Waals surface area contributed by atoms with E-state index in [9.17, 15) is 38.7 Å². The van der Waals surface area contributed by atoms with Gasteiger partial charge in [-0.2, -0.15) is 0 Å². The highest BCUT2D eigenvalue weighted by Crippen LogP contribution is 2.41. The SMILES string of the molecule is COc1cc2c(cc1OCCCOc1cc3c(cc1C)C(=O)N1C=C(c4ccc(O)cc4)C[C@H]1C=N3)N=C[C@@H]1CC(c3ccc(NC(=O)[C@H](C)CC(=O)[C@@H](NC(=O)CCCCCN4C(=O)CC(C)C4=O)C(C)C)cc3)=CN1C2=O. The number of aromatic hydroxyl groups is 1. The number of aryl methyl sites for hydroxylation is 1. The summed E-state index contributed by atoms with van der Waals surface area (Å²) in [7, 11) is 1.51. The average Bonchev–Trinajstić information content (AvgIpc) is 4.13. The number of unbranched alkanes of at least 4 members (excludes halogenated alkanes) is 2. The van der Waals surface area contributed by atoms with Gasteiger partial charge in [-0.1, -0.05) is 58.4 Å². The van der Waals surface area contributed by atoms with E-state index in [1.54, 1.807) is 78.5 Å². The zero-order chi connectivity index (χ0) is 56.1. The summed E-state index contributed by atoms with van der Waals surface area (Å²) >= 11 is 0. The number of aliphatic imine (C=N–C) groups is 2. The van der Waals surface area contributed by atoms with Crippen molar-refractivity contribution in [2.24, 2.45) is 27.7 Å². The van der Waals surface area contributed by atoms with Crippen LogP contribution in [0.5, 0.6) is 23.0 Å². The van der Waals surface area contributed by atoms with Crippen molar-refractivity contribution in [2.45, 2.75) is 111 Å². The third-order valence-corrected chi connectivity index (χ3v) is 15.0. The summed E-state index contributed by atoms with van der Waals surface area (Å²) in [6.45, 7) is 9.96. The number of rotatable bonds is 22. The number of anilines is 1. The Bertz CT molecular complexity index is 3180. The molecular weight excluding hydrogens is 1010 g/mol. The van der Waals surface area contributed by atoms with Gasteiger partial charge in [0.25, 0.3) is 11.8 Å². The molecule has 5 atom stereocenters. The number of carbonyl (C=O) groups is 7. The van der Waals surface area contributed by atoms with Crippen LogP contribution in [-0.2, 0) is 24.0 Å². The molecule has 9 rings (SSSR count). The second kappa shape index (κ2) is 24.1. The van der Waals surface area contributed by atoms with E-state index >= 15 is 0 Å². The first-order chi connectivity index (χ1) is 38.0. The van der Waals surface area contributed by atoms with Crippen LogP contribution >= 0.6 is 0 Å². The van der Waals surface area contributed by atoms with Gasteiger partial charge in [-0.05, 0) is 89.9 Å². The molecule has 18 heteroatoms. The van der Waals surface area contributed by atoms with Crippen LogP contribution in [0.4, 0.5) is 17.1 Å². The molecule has 0 spiro atoms. The fraction of sp³-hybridized carbons (Fsp3) is 0.393. The normalized spacial score (nSPS) is 19.0. The number of imide groups is 1. The van der Waals surface area contributed by atoms with Gasteiger partial charge in [0.1, 0.15) is 11.5 Å². The summed E-state index contributed by atoms with van der Waals surface area (Å²) in [5.41, 5.74) is 6.89. The van der Waals surface area contributed by atoms with Crippen LogP contribution in [0.2, 0.25) is 0 Å². The molecule has 412 valence electrons. The van der Waals surface area contributed by atoms with Crippen LogP contribution < -0.4 is 24.8 Å². The molecule has 1 fully saturated rings. The highest BCUT2D eigenvalue weighted by Gasteiger charge is 2.37. The molecule has 4 aromatic rings. The standard InChI is InChI=1S/C61H67N7O11/c1-35(2)57(65-55(71)11-8-7-9-20-66-56(72)25-38(5)59(66)74)51(70)24-37(4)58(73)64-43-16-12-39(13-17-43)41-26-45-32-63-50-30-54(53(77-6)28-48(50)61(76)68(45)33-41)79-22-10-21-78-52-29-49-47(23-36(52)3)60(75)67-34-42(27-44(67)31-62-49)40-14-18-46(69)19-15-40/h12-19,23,28-35,37-38,44-45,57,69H,7-11,20-22,24-27H2,1-6H3,(H,64,73)(H,65,71)/t37-,38?,44+,45+,57+/m1/s1. The number of likely N-dealkylation sites (tertiary alicyclic amines) is 1. The van der Waals surface area contributed by atoms with Gasteiger partial charge in [-0.3, -0.25) is 48.4 Å². The van der Waals surface area contributed by atoms with Crippen molar-refractivity contribution >= 4 is 81.9 Å². The minimum absolute atomic E-state index is 0.0622. The second-order valence-corrected chi connectivity index (χ2v) is 21.3. The molecule has 5 heterocycles. The average molecular weight is 1070 g/mol. The molecule has 79 heavy (non-hydrogen) atoms. The molecule has 0 radical (unpaired) electrons. The maximum absolute atomic E-state index is 14.1. The van der Waals surface area contributed by atoms with Crippen molar-refractivity contribution in [1.29, 1.82) is 0 Å². The third-order valence-electron chi connectivity index (χ3n) is 15.0. The Hall–Kier alpha value is -8.41. The number of hydrogen-bond acceptors (Lipinski definition) is 13. The number of benzene rings is 4. The van der Waals surface area contributed by atoms with Crippen molar-refractivity contribution < 1.29 is 52.9 Å². The van der Waals surface area contributed by atoms with Crippen LogP contribution in [0.25, 0.3) is 11.1 Å². The van der Waals surface area contributed by atoms with Crippen molar-refractivity contribution in [1.82, 2.24) is 20.0 Å². The van der Waals surface area contributed by atoms with Crippen LogP contribution in [0.1, 0.15) is 123 Å². The number of Topliss-reactive ketones (excluding diaryl/α,β-unsaturated/α-hetero) is 1. The molecule has 0 aliphatic carbocycles. The van der Waals surface area contributed by atoms with Crippen LogP contribution in [0.3, 0.4) is 0 Å². The Morgan fingerprint density at radius 2 is 1.30 bits per heavy atom. The Morgan fingerprint density at radius 3 is 1.89 bits per heavy atom. The minimum atomic E-state index is -0.753. The Morgan fingerprint density at radius 1 is 0.722 bits per heavy atom. The number of carbonyl (C=O) groups excluding carboxylic acids is 7. The number of nitrogens with one attached hydrogen (secondary N) is 2. The fourth-order valence-corrected chi connectivity index (χ4v) is 10.5. The summed E-state index contributed by atoms with van der Waals surface area (Å²) in [6, 6.07) is 19.9. The highest BCUT2D eigenvalue weighted by atomic mass is 16.5. The number of hydrogen-bond donors (Lipinski definition) is 3. The lowest BCUT2D eigenvalue weighted by molar-refractivity contribution is -0.139. The van der Waals surface area contributed by atoms with Gasteiger partial charge < -0.3 is 39.8 Å². The summed E-state index contributed by atoms with van der Waals surface area (Å²) in [5, 5.41) is 15.5. The number of ketones is 1. The van der Waals surface area contributed by atoms with E-state index in [0.717, 1.165) is 27.8 Å². The third kappa shape index (κ3) is 12.5. The summed E-state index contributed by atoms with van der Waals surface area (Å²) in [4.78, 5) is 106. The first-order valence-corrected chi connectivity index (χ1v) is 27.1. The molecule has 1 unspecified atom stereocenters. The maximum atomic E-state index is 14.1. The lowest BCUT2D eigenvalue weighted by atomic mass is 9.92. The second-order valence-electron chi connectivity index (χ2n) is 21.3. The first-order valence-electron chi connectivity index (χ1n) is 27.1. The smallest absolute Gasteiger partial charge is 0.260 e. The topological polar surface area (TPSA) is 226 Å². The first kappa shape index (κ1) is 55.3. The lowest BCUT2D eigenvalue weighted by Gasteiger charge is -2.23. The largest absolute Gasteiger partial charge is 0.508 e. The highest BCUT2D eigenvalue weighted by molar-refractivity contribution is 6.07. The van der Waals surface area contributed by atoms with Crippen molar-refractivity contribution in [3.8, 4) is 23.0 Å². The molecule has 0 aromatic heterocycles. The Balaban J connectivity index is 0.730. The minimum Gasteiger partial charge on any atom is -0.508 e. The summed E-state index contributed by atoms with van der Waals surface area (Å²) in [5.74, 6) is -1.05. The zero-order valence-corrected chi connectivity index (χ0v) is 45.5. The van der Waals surface area contributed by atoms with E-state index in [1.165, 1.54) is 12.0 Å². The Kier molecular flexibility index (Phi) is 16.9. The summed E-state index contributed by atoms with van der Waals surface area (Å²) < 4.78 is 18.0. The van der Waals surface area contributed by atoms with Gasteiger partial charge in [-0.25, -0.2) is 0 Å². The van der Waals surface area contributed by atoms with Gasteiger partial charge in [0, 0.05) is 99.6 Å². The van der Waals surface area contributed by atoms with Gasteiger partial charge in [0.15, 0.2) is 17.3 Å². The van der Waals surface area contributed by atoms with Crippen molar-refractivity contribution in [3.05, 3.63) is 113 Å². The number of phenols is 1. The quantitative estimate of drug-likeness (QED) is 0.0497. The van der Waals surface area contributed by atoms with Crippen LogP contribution in [0, 0.1) is 24.7 Å². The van der Waals surface area contributed by atoms with Gasteiger partial charge in [0.2, 0.25) is 23.6 Å². The molecule has 5 aliphatic heterocycles. The summed E-state index contributed by atoms with van der Waals surface area (Å²) in [6.07, 6.45) is 11.1. The predicted octanol–water partition coefficient (Wildman–Crippen LogP) is 9.13. The number of fused-ring (bicyclic) bond motifs is 4. The van der Waals surface area contributed by atoms with Gasteiger partial charge in [0.05, 0.1) is 61.0 Å². The Labute approximate surface area is 459 Å². The van der Waals surface area contributed by atoms with Crippen molar-refractivity contribution in [2.75, 3.05) is 32.2 Å². The number of methoxy groups -OCH3 is 1. The van der Waals surface area contributed by atoms with Crippen LogP contribution in [-0.4, -0.2) is 118 Å². The molecule has 1 saturated heterocycles. The molecule has 3 N–H and O–H groups in total. The predicted molar refractivity (Wildman–Crippen MR) is 299 cm³/mol. The number of amides is 6. The van der Waals surface area contributed by atoms with Gasteiger partial charge in [-0.15, -0.1) is 0 Å². The lowest BCUT2D eigenvalue weighted by Crippen LogP contribution is -2.45. The maximum Gasteiger partial charge on any atom is 0.260 e. The monoisotopic (exact) mass is 1070 g/mol. The van der Waals surface area contributed by atoms with E-state index < -0.39 is 12.0 Å². The van der Waals surface area contributed by atoms with Gasteiger partial charge >= 0.3 is 0 Å². The fourth-order valence-electron chi connectivity index (χ4n) is 10.5. The van der Waals surface area contributed by atoms with Crippen LogP contribution in [0.15, 0.2) is 95.2 Å². The zero-order valence-electron chi connectivity index (χ0n) is 45.5. The van der Waals surface area contributed by atoms with Crippen molar-refractivity contribution in [3.63, 3.8) is 0 Å². The molecule has 5 aliphatic rings. The number of phenolic OH excluding ortho intramolecular Hbond substituents is 1. The van der Waals surface area contributed by atoms with E-state index in [2.05, 4.69) is 10.6 Å². The number of nitrogens with zero attached hydrogens (tertiary/aromatic N) is 5. The van der Waals surface area contributed by atoms with E-state index in [-0.39, 0.29) is 96.8 Å². The molecule has 0 bridgehead atoms. The van der Waals surface area contributed by atoms with E-state index in [1.807, 2.05) is 63.5 Å². The van der Waals surface area contributed by atoms with E-state index in [4.69, 9.17) is 24.2 Å². The molecular formula is C61H67N7O11. The molecule has 0 saturated carbocycles. The number of ether oxygens (including phenoxy) is 3.